The number of halogens is 1. The summed E-state index contributed by atoms with van der Waals surface area (Å²) in [6.45, 7) is 0.216. The molecule has 0 bridgehead atoms. The van der Waals surface area contributed by atoms with Crippen molar-refractivity contribution in [3.8, 4) is 17.2 Å². The van der Waals surface area contributed by atoms with Crippen LogP contribution in [0.25, 0.3) is 16.2 Å². The number of hydrazone groups is 1. The topological polar surface area (TPSA) is 69.2 Å². The van der Waals surface area contributed by atoms with Crippen LogP contribution in [0, 0.1) is 0 Å². The Bertz CT molecular complexity index is 1430. The van der Waals surface area contributed by atoms with E-state index in [1.165, 1.54) is 11.3 Å². The number of carbonyl (C=O) groups is 1. The second-order valence-electron chi connectivity index (χ2n) is 7.35. The van der Waals surface area contributed by atoms with Crippen LogP contribution in [0.5, 0.6) is 17.2 Å². The number of carbonyl (C=O) groups excluding carboxylic acids is 1. The first-order valence-corrected chi connectivity index (χ1v) is 11.6. The number of allylic oxidation sites excluding steroid dienone is 1. The second-order valence-corrected chi connectivity index (χ2v) is 8.78. The summed E-state index contributed by atoms with van der Waals surface area (Å²) in [5.74, 6) is 1.77. The summed E-state index contributed by atoms with van der Waals surface area (Å²) in [7, 11) is 1.61. The number of thiophene rings is 1. The molecule has 4 aromatic rings. The standard InChI is InChI=1S/C26H19ClN2O4S/c1-31-18-10-8-17(9-11-18)20(12-6-16-7-13-21-22(14-16)33-15-32-21)28-29-26(30)25-24(27)19-4-2-3-5-23(19)34-25/h2-14H,15H2,1H3,(H,29,30)/b12-6+,28-20?. The monoisotopic (exact) mass is 490 g/mol. The Kier molecular flexibility index (Phi) is 6.20. The molecule has 0 atom stereocenters. The van der Waals surface area contributed by atoms with Gasteiger partial charge in [0.1, 0.15) is 10.6 Å². The van der Waals surface area contributed by atoms with Gasteiger partial charge in [0.2, 0.25) is 6.79 Å². The maximum absolute atomic E-state index is 12.9. The Morgan fingerprint density at radius 3 is 2.68 bits per heavy atom. The van der Waals surface area contributed by atoms with Crippen molar-refractivity contribution in [2.24, 2.45) is 5.10 Å². The summed E-state index contributed by atoms with van der Waals surface area (Å²) in [6.07, 6.45) is 3.72. The molecule has 2 heterocycles. The van der Waals surface area contributed by atoms with E-state index < -0.39 is 0 Å². The molecule has 5 rings (SSSR count). The van der Waals surface area contributed by atoms with Gasteiger partial charge in [0.25, 0.3) is 5.91 Å². The highest BCUT2D eigenvalue weighted by Gasteiger charge is 2.17. The summed E-state index contributed by atoms with van der Waals surface area (Å²) < 4.78 is 17.0. The van der Waals surface area contributed by atoms with Crippen molar-refractivity contribution in [3.05, 3.63) is 93.8 Å². The molecule has 1 aliphatic rings. The van der Waals surface area contributed by atoms with Crippen LogP contribution in [0.3, 0.4) is 0 Å². The Morgan fingerprint density at radius 1 is 1.09 bits per heavy atom. The number of amides is 1. The van der Waals surface area contributed by atoms with Crippen LogP contribution in [0.15, 0.2) is 77.9 Å². The van der Waals surface area contributed by atoms with E-state index in [9.17, 15) is 4.79 Å². The SMILES string of the molecule is COc1ccc(C(/C=C/c2ccc3c(c2)OCO3)=NNC(=O)c2sc3ccccc3c2Cl)cc1. The fraction of sp³-hybridized carbons (Fsp3) is 0.0769. The summed E-state index contributed by atoms with van der Waals surface area (Å²) in [4.78, 5) is 13.3. The molecule has 170 valence electrons. The molecule has 0 saturated heterocycles. The fourth-order valence-corrected chi connectivity index (χ4v) is 4.88. The number of hydrogen-bond donors (Lipinski definition) is 1. The highest BCUT2D eigenvalue weighted by molar-refractivity contribution is 7.21. The molecule has 3 aromatic carbocycles. The van der Waals surface area contributed by atoms with Crippen molar-refractivity contribution in [2.75, 3.05) is 13.9 Å². The maximum atomic E-state index is 12.9. The largest absolute Gasteiger partial charge is 0.497 e. The molecule has 8 heteroatoms. The van der Waals surface area contributed by atoms with Crippen LogP contribution >= 0.6 is 22.9 Å². The third-order valence-electron chi connectivity index (χ3n) is 5.24. The Balaban J connectivity index is 1.44. The number of methoxy groups -OCH3 is 1. The third kappa shape index (κ3) is 4.48. The van der Waals surface area contributed by atoms with Gasteiger partial charge >= 0.3 is 0 Å². The van der Waals surface area contributed by atoms with E-state index in [-0.39, 0.29) is 12.7 Å². The van der Waals surface area contributed by atoms with Gasteiger partial charge in [-0.1, -0.05) is 41.9 Å². The minimum Gasteiger partial charge on any atom is -0.497 e. The lowest BCUT2D eigenvalue weighted by Crippen LogP contribution is -2.18. The van der Waals surface area contributed by atoms with Crippen molar-refractivity contribution >= 4 is 50.7 Å². The van der Waals surface area contributed by atoms with E-state index in [1.807, 2.05) is 78.9 Å². The number of nitrogens with zero attached hydrogens (tertiary/aromatic N) is 1. The molecule has 0 aliphatic carbocycles. The van der Waals surface area contributed by atoms with E-state index in [0.717, 1.165) is 27.0 Å². The number of ether oxygens (including phenoxy) is 3. The molecule has 1 amide bonds. The van der Waals surface area contributed by atoms with Gasteiger partial charge in [0, 0.05) is 15.6 Å². The summed E-state index contributed by atoms with van der Waals surface area (Å²) in [6, 6.07) is 20.7. The van der Waals surface area contributed by atoms with E-state index in [0.29, 0.717) is 27.1 Å². The van der Waals surface area contributed by atoms with Gasteiger partial charge in [-0.3, -0.25) is 4.79 Å². The van der Waals surface area contributed by atoms with Crippen molar-refractivity contribution < 1.29 is 19.0 Å². The molecule has 1 aromatic heterocycles. The smallest absolute Gasteiger partial charge is 0.283 e. The first kappa shape index (κ1) is 22.0. The zero-order chi connectivity index (χ0) is 23.5. The van der Waals surface area contributed by atoms with Gasteiger partial charge in [-0.15, -0.1) is 11.3 Å². The quantitative estimate of drug-likeness (QED) is 0.260. The van der Waals surface area contributed by atoms with Crippen LogP contribution in [-0.4, -0.2) is 25.5 Å². The Labute approximate surface area is 205 Å². The zero-order valence-electron chi connectivity index (χ0n) is 18.1. The zero-order valence-corrected chi connectivity index (χ0v) is 19.7. The van der Waals surface area contributed by atoms with Crippen LogP contribution < -0.4 is 19.6 Å². The van der Waals surface area contributed by atoms with E-state index in [2.05, 4.69) is 10.5 Å². The van der Waals surface area contributed by atoms with E-state index in [4.69, 9.17) is 25.8 Å². The van der Waals surface area contributed by atoms with Crippen LogP contribution in [0.2, 0.25) is 5.02 Å². The predicted molar refractivity (Wildman–Crippen MR) is 135 cm³/mol. The highest BCUT2D eigenvalue weighted by Crippen LogP contribution is 2.35. The molecule has 0 spiro atoms. The first-order chi connectivity index (χ1) is 16.6. The average Bonchev–Trinajstić information content (AvgIpc) is 3.48. The lowest BCUT2D eigenvalue weighted by molar-refractivity contribution is 0.0959. The molecule has 6 nitrogen and oxygen atoms in total. The number of nitrogens with one attached hydrogen (secondary N) is 1. The Hall–Kier alpha value is -3.81. The molecule has 1 N–H and O–H groups in total. The highest BCUT2D eigenvalue weighted by atomic mass is 35.5. The maximum Gasteiger partial charge on any atom is 0.283 e. The van der Waals surface area contributed by atoms with Crippen molar-refractivity contribution in [1.82, 2.24) is 5.43 Å². The average molecular weight is 491 g/mol. The van der Waals surface area contributed by atoms with Crippen LogP contribution in [0.4, 0.5) is 0 Å². The number of benzene rings is 3. The van der Waals surface area contributed by atoms with E-state index in [1.54, 1.807) is 7.11 Å². The molecular formula is C26H19ClN2O4S. The predicted octanol–water partition coefficient (Wildman–Crippen LogP) is 6.14. The lowest BCUT2D eigenvalue weighted by atomic mass is 10.1. The van der Waals surface area contributed by atoms with Gasteiger partial charge in [0.05, 0.1) is 17.8 Å². The van der Waals surface area contributed by atoms with Crippen molar-refractivity contribution in [1.29, 1.82) is 0 Å². The minimum atomic E-state index is -0.367. The third-order valence-corrected chi connectivity index (χ3v) is 6.91. The molecule has 0 fully saturated rings. The Morgan fingerprint density at radius 2 is 1.88 bits per heavy atom. The van der Waals surface area contributed by atoms with Gasteiger partial charge in [-0.2, -0.15) is 5.10 Å². The van der Waals surface area contributed by atoms with Crippen molar-refractivity contribution in [2.45, 2.75) is 0 Å². The van der Waals surface area contributed by atoms with Gasteiger partial charge in [0.15, 0.2) is 11.5 Å². The molecule has 1 aliphatic heterocycles. The van der Waals surface area contributed by atoms with Crippen LogP contribution in [0.1, 0.15) is 20.8 Å². The molecule has 0 unspecified atom stereocenters. The minimum absolute atomic E-state index is 0.216. The molecule has 0 saturated carbocycles. The number of fused-ring (bicyclic) bond motifs is 2. The number of hydrogen-bond acceptors (Lipinski definition) is 6. The first-order valence-electron chi connectivity index (χ1n) is 10.4. The molecule has 0 radical (unpaired) electrons. The normalized spacial score (nSPS) is 12.9. The summed E-state index contributed by atoms with van der Waals surface area (Å²) in [5.41, 5.74) is 4.93. The van der Waals surface area contributed by atoms with Gasteiger partial charge < -0.3 is 14.2 Å². The molecule has 34 heavy (non-hydrogen) atoms. The number of rotatable bonds is 6. The molecular weight excluding hydrogens is 472 g/mol. The lowest BCUT2D eigenvalue weighted by Gasteiger charge is -2.06. The van der Waals surface area contributed by atoms with Gasteiger partial charge in [-0.05, 0) is 54.1 Å². The van der Waals surface area contributed by atoms with Gasteiger partial charge in [-0.25, -0.2) is 5.43 Å². The summed E-state index contributed by atoms with van der Waals surface area (Å²) >= 11 is 7.79. The van der Waals surface area contributed by atoms with E-state index >= 15 is 0 Å². The van der Waals surface area contributed by atoms with Crippen LogP contribution in [-0.2, 0) is 0 Å². The fourth-order valence-electron chi connectivity index (χ4n) is 3.47. The summed E-state index contributed by atoms with van der Waals surface area (Å²) in [5, 5.41) is 5.68. The second kappa shape index (κ2) is 9.59. The van der Waals surface area contributed by atoms with Crippen molar-refractivity contribution in [3.63, 3.8) is 0 Å².